The van der Waals surface area contributed by atoms with E-state index in [4.69, 9.17) is 0 Å². The summed E-state index contributed by atoms with van der Waals surface area (Å²) in [7, 11) is 1.98. The van der Waals surface area contributed by atoms with Gasteiger partial charge in [0, 0.05) is 6.42 Å². The lowest BCUT2D eigenvalue weighted by Gasteiger charge is -1.86. The summed E-state index contributed by atoms with van der Waals surface area (Å²) in [6, 6.07) is 0. The van der Waals surface area contributed by atoms with Gasteiger partial charge in [0.2, 0.25) is 0 Å². The normalized spacial score (nSPS) is 10.2. The average molecular weight is 166 g/mol. The first-order valence-electron chi connectivity index (χ1n) is 4.31. The molecular formula is C9H16N3+. The van der Waals surface area contributed by atoms with Crippen molar-refractivity contribution in [3.8, 4) is 0 Å². The van der Waals surface area contributed by atoms with Crippen molar-refractivity contribution in [1.29, 1.82) is 0 Å². The maximum Gasteiger partial charge on any atom is 0.167 e. The van der Waals surface area contributed by atoms with Crippen LogP contribution in [0.2, 0.25) is 0 Å². The van der Waals surface area contributed by atoms with Crippen LogP contribution in [-0.4, -0.2) is 9.90 Å². The van der Waals surface area contributed by atoms with Crippen molar-refractivity contribution in [2.45, 2.75) is 26.3 Å². The molecule has 0 fully saturated rings. The van der Waals surface area contributed by atoms with Crippen molar-refractivity contribution >= 4 is 0 Å². The number of rotatable bonds is 4. The SMILES string of the molecule is C=CC[n+]1cc(CCC)n(C)n1. The largest absolute Gasteiger partial charge is 0.167 e. The van der Waals surface area contributed by atoms with E-state index in [2.05, 4.69) is 24.9 Å². The molecule has 0 saturated carbocycles. The third kappa shape index (κ3) is 1.94. The summed E-state index contributed by atoms with van der Waals surface area (Å²) in [5.41, 5.74) is 1.28. The second-order valence-corrected chi connectivity index (χ2v) is 2.89. The molecule has 0 atom stereocenters. The number of aromatic nitrogens is 3. The Morgan fingerprint density at radius 1 is 1.75 bits per heavy atom. The molecule has 66 valence electrons. The molecule has 3 nitrogen and oxygen atoms in total. The molecule has 0 aliphatic carbocycles. The Labute approximate surface area is 73.3 Å². The molecule has 3 heteroatoms. The molecule has 0 bridgehead atoms. The van der Waals surface area contributed by atoms with Gasteiger partial charge in [-0.15, -0.1) is 9.36 Å². The van der Waals surface area contributed by atoms with Crippen LogP contribution >= 0.6 is 0 Å². The Morgan fingerprint density at radius 2 is 2.50 bits per heavy atom. The summed E-state index contributed by atoms with van der Waals surface area (Å²) in [6.07, 6.45) is 6.18. The van der Waals surface area contributed by atoms with Crippen LogP contribution in [0.15, 0.2) is 18.9 Å². The molecule has 0 aromatic carbocycles. The van der Waals surface area contributed by atoms with Crippen molar-refractivity contribution in [2.24, 2.45) is 7.05 Å². The van der Waals surface area contributed by atoms with Crippen molar-refractivity contribution in [3.63, 3.8) is 0 Å². The van der Waals surface area contributed by atoms with E-state index in [9.17, 15) is 0 Å². The smallest absolute Gasteiger partial charge is 0.137 e. The minimum atomic E-state index is 0.789. The molecule has 1 rings (SSSR count). The van der Waals surface area contributed by atoms with E-state index in [0.29, 0.717) is 0 Å². The molecule has 1 aromatic rings. The maximum atomic E-state index is 4.28. The van der Waals surface area contributed by atoms with Crippen LogP contribution < -0.4 is 4.68 Å². The van der Waals surface area contributed by atoms with Gasteiger partial charge >= 0.3 is 0 Å². The van der Waals surface area contributed by atoms with E-state index in [0.717, 1.165) is 19.4 Å². The Hall–Kier alpha value is -1.12. The Kier molecular flexibility index (Phi) is 3.02. The summed E-state index contributed by atoms with van der Waals surface area (Å²) < 4.78 is 3.82. The first-order chi connectivity index (χ1) is 5.77. The van der Waals surface area contributed by atoms with Gasteiger partial charge in [-0.3, -0.25) is 0 Å². The van der Waals surface area contributed by atoms with Crippen LogP contribution in [0.4, 0.5) is 0 Å². The molecule has 0 N–H and O–H groups in total. The number of allylic oxidation sites excluding steroid dienone is 1. The van der Waals surface area contributed by atoms with E-state index >= 15 is 0 Å². The van der Waals surface area contributed by atoms with E-state index in [1.807, 2.05) is 22.5 Å². The molecule has 12 heavy (non-hydrogen) atoms. The van der Waals surface area contributed by atoms with E-state index in [1.54, 1.807) is 0 Å². The zero-order chi connectivity index (χ0) is 8.97. The number of hydrogen-bond donors (Lipinski definition) is 0. The summed E-state index contributed by atoms with van der Waals surface area (Å²) in [4.78, 5) is 0. The monoisotopic (exact) mass is 166 g/mol. The minimum Gasteiger partial charge on any atom is -0.137 e. The summed E-state index contributed by atoms with van der Waals surface area (Å²) in [6.45, 7) is 6.63. The van der Waals surface area contributed by atoms with Gasteiger partial charge in [0.1, 0.15) is 13.6 Å². The fraction of sp³-hybridized carbons (Fsp3) is 0.556. The zero-order valence-electron chi connectivity index (χ0n) is 7.82. The Morgan fingerprint density at radius 3 is 3.08 bits per heavy atom. The third-order valence-corrected chi connectivity index (χ3v) is 1.79. The first-order valence-corrected chi connectivity index (χ1v) is 4.31. The van der Waals surface area contributed by atoms with Crippen molar-refractivity contribution < 1.29 is 4.68 Å². The number of nitrogens with zero attached hydrogens (tertiary/aromatic N) is 3. The minimum absolute atomic E-state index is 0.789. The maximum absolute atomic E-state index is 4.28. The summed E-state index contributed by atoms with van der Waals surface area (Å²) in [5, 5.41) is 4.28. The lowest BCUT2D eigenvalue weighted by atomic mass is 10.3. The van der Waals surface area contributed by atoms with Crippen LogP contribution in [0.1, 0.15) is 19.0 Å². The van der Waals surface area contributed by atoms with Gasteiger partial charge in [-0.1, -0.05) is 13.5 Å². The predicted octanol–water partition coefficient (Wildman–Crippen LogP) is 0.846. The van der Waals surface area contributed by atoms with E-state index in [-0.39, 0.29) is 0 Å². The number of hydrogen-bond acceptors (Lipinski definition) is 1. The van der Waals surface area contributed by atoms with Gasteiger partial charge in [0.15, 0.2) is 11.9 Å². The van der Waals surface area contributed by atoms with Crippen LogP contribution in [0, 0.1) is 0 Å². The highest BCUT2D eigenvalue weighted by Crippen LogP contribution is 1.96. The van der Waals surface area contributed by atoms with Crippen molar-refractivity contribution in [2.75, 3.05) is 0 Å². The van der Waals surface area contributed by atoms with Crippen molar-refractivity contribution in [1.82, 2.24) is 9.90 Å². The Balaban J connectivity index is 2.77. The highest BCUT2D eigenvalue weighted by Gasteiger charge is 2.09. The molecule has 0 unspecified atom stereocenters. The second-order valence-electron chi connectivity index (χ2n) is 2.89. The van der Waals surface area contributed by atoms with Gasteiger partial charge in [0.25, 0.3) is 0 Å². The second kappa shape index (κ2) is 4.04. The molecule has 0 spiro atoms. The highest BCUT2D eigenvalue weighted by molar-refractivity contribution is 4.89. The van der Waals surface area contributed by atoms with Gasteiger partial charge < -0.3 is 0 Å². The van der Waals surface area contributed by atoms with Gasteiger partial charge in [-0.2, -0.15) is 0 Å². The zero-order valence-corrected chi connectivity index (χ0v) is 7.82. The Bertz CT molecular complexity index is 263. The molecule has 0 amide bonds. The standard InChI is InChI=1S/C9H16N3/c1-4-6-9-8-12(7-5-2)10-11(9)3/h5,8H,2,4,6-7H2,1,3H3/q+1. The molecule has 0 radical (unpaired) electrons. The number of aryl methyl sites for hydroxylation is 2. The van der Waals surface area contributed by atoms with Crippen LogP contribution in [0.5, 0.6) is 0 Å². The quantitative estimate of drug-likeness (QED) is 0.480. The van der Waals surface area contributed by atoms with E-state index in [1.165, 1.54) is 5.69 Å². The first kappa shape index (κ1) is 8.97. The fourth-order valence-corrected chi connectivity index (χ4v) is 1.22. The molecule has 1 heterocycles. The topological polar surface area (TPSA) is 21.7 Å². The lowest BCUT2D eigenvalue weighted by Crippen LogP contribution is -2.34. The molecular weight excluding hydrogens is 150 g/mol. The summed E-state index contributed by atoms with van der Waals surface area (Å²) >= 11 is 0. The van der Waals surface area contributed by atoms with Crippen LogP contribution in [0.3, 0.4) is 0 Å². The molecule has 0 aliphatic heterocycles. The van der Waals surface area contributed by atoms with Crippen LogP contribution in [-0.2, 0) is 20.0 Å². The van der Waals surface area contributed by atoms with Crippen molar-refractivity contribution in [3.05, 3.63) is 24.5 Å². The summed E-state index contributed by atoms with van der Waals surface area (Å²) in [5.74, 6) is 0. The highest BCUT2D eigenvalue weighted by atomic mass is 15.5. The predicted molar refractivity (Wildman–Crippen MR) is 47.6 cm³/mol. The van der Waals surface area contributed by atoms with Crippen LogP contribution in [0.25, 0.3) is 0 Å². The van der Waals surface area contributed by atoms with Gasteiger partial charge in [-0.05, 0) is 12.5 Å². The van der Waals surface area contributed by atoms with E-state index < -0.39 is 0 Å². The lowest BCUT2D eigenvalue weighted by molar-refractivity contribution is -0.746. The fourth-order valence-electron chi connectivity index (χ4n) is 1.22. The molecule has 0 aliphatic rings. The third-order valence-electron chi connectivity index (χ3n) is 1.79. The molecule has 1 aromatic heterocycles. The molecule has 0 saturated heterocycles. The van der Waals surface area contributed by atoms with Gasteiger partial charge in [0.05, 0.1) is 5.21 Å². The van der Waals surface area contributed by atoms with Gasteiger partial charge in [-0.25, -0.2) is 0 Å². The average Bonchev–Trinajstić information content (AvgIpc) is 2.34.